The summed E-state index contributed by atoms with van der Waals surface area (Å²) in [5.41, 5.74) is 5.81. The van der Waals surface area contributed by atoms with Crippen LogP contribution in [0.4, 0.5) is 17.1 Å². The molecule has 1 aliphatic carbocycles. The number of hydrogen-bond acceptors (Lipinski definition) is 2. The lowest BCUT2D eigenvalue weighted by molar-refractivity contribution is 0.642. The van der Waals surface area contributed by atoms with E-state index in [9.17, 15) is 0 Å². The van der Waals surface area contributed by atoms with E-state index < -0.39 is 0 Å². The first-order chi connectivity index (χ1) is 13.2. The molecular formula is C25H24N2. The van der Waals surface area contributed by atoms with Crippen molar-refractivity contribution in [1.29, 1.82) is 0 Å². The van der Waals surface area contributed by atoms with Gasteiger partial charge in [-0.25, -0.2) is 0 Å². The number of benzene rings is 3. The zero-order valence-corrected chi connectivity index (χ0v) is 15.5. The first kappa shape index (κ1) is 17.2. The average Bonchev–Trinajstić information content (AvgIpc) is 2.71. The number of anilines is 3. The van der Waals surface area contributed by atoms with E-state index in [1.165, 1.54) is 11.1 Å². The lowest BCUT2D eigenvalue weighted by Crippen LogP contribution is -2.32. The van der Waals surface area contributed by atoms with Crippen LogP contribution in [-0.4, -0.2) is 5.54 Å². The predicted octanol–water partition coefficient (Wildman–Crippen LogP) is 6.64. The van der Waals surface area contributed by atoms with Crippen molar-refractivity contribution in [2.75, 3.05) is 10.6 Å². The van der Waals surface area contributed by atoms with E-state index in [1.807, 2.05) is 24.3 Å². The van der Waals surface area contributed by atoms with Gasteiger partial charge in [-0.15, -0.1) is 0 Å². The second-order valence-electron chi connectivity index (χ2n) is 7.17. The van der Waals surface area contributed by atoms with Crippen molar-refractivity contribution >= 4 is 22.6 Å². The summed E-state index contributed by atoms with van der Waals surface area (Å²) in [6, 6.07) is 29.2. The van der Waals surface area contributed by atoms with Crippen LogP contribution in [0.1, 0.15) is 18.9 Å². The molecule has 0 aliphatic heterocycles. The molecule has 0 aromatic heterocycles. The summed E-state index contributed by atoms with van der Waals surface area (Å²) < 4.78 is 0. The van der Waals surface area contributed by atoms with Gasteiger partial charge >= 0.3 is 0 Å². The Morgan fingerprint density at radius 3 is 1.89 bits per heavy atom. The Hall–Kier alpha value is -3.26. The maximum Gasteiger partial charge on any atom is 0.0566 e. The van der Waals surface area contributed by atoms with E-state index in [4.69, 9.17) is 0 Å². The van der Waals surface area contributed by atoms with E-state index in [1.54, 1.807) is 0 Å². The van der Waals surface area contributed by atoms with Crippen LogP contribution in [0, 0.1) is 0 Å². The highest BCUT2D eigenvalue weighted by Crippen LogP contribution is 2.30. The summed E-state index contributed by atoms with van der Waals surface area (Å²) in [5, 5.41) is 7.05. The van der Waals surface area contributed by atoms with Gasteiger partial charge in [0.1, 0.15) is 0 Å². The SMILES string of the molecule is CC1(Nc2ccccc2)C=CC(c2ccc(Nc3ccccc3)cc2)=CC1. The molecule has 0 saturated heterocycles. The Balaban J connectivity index is 1.42. The molecule has 0 spiro atoms. The van der Waals surface area contributed by atoms with Crippen molar-refractivity contribution in [2.45, 2.75) is 18.9 Å². The second-order valence-corrected chi connectivity index (χ2v) is 7.17. The monoisotopic (exact) mass is 352 g/mol. The van der Waals surface area contributed by atoms with Gasteiger partial charge in [0.05, 0.1) is 5.54 Å². The molecule has 3 aromatic carbocycles. The van der Waals surface area contributed by atoms with Crippen molar-refractivity contribution in [3.8, 4) is 0 Å². The van der Waals surface area contributed by atoms with Crippen molar-refractivity contribution in [3.63, 3.8) is 0 Å². The van der Waals surface area contributed by atoms with Crippen LogP contribution < -0.4 is 10.6 Å². The maximum atomic E-state index is 3.62. The van der Waals surface area contributed by atoms with E-state index in [0.717, 1.165) is 23.5 Å². The Morgan fingerprint density at radius 1 is 0.704 bits per heavy atom. The van der Waals surface area contributed by atoms with Gasteiger partial charge < -0.3 is 10.6 Å². The molecular weight excluding hydrogens is 328 g/mol. The summed E-state index contributed by atoms with van der Waals surface area (Å²) in [6.45, 7) is 2.23. The first-order valence-corrected chi connectivity index (χ1v) is 9.35. The largest absolute Gasteiger partial charge is 0.376 e. The molecule has 1 unspecified atom stereocenters. The van der Waals surface area contributed by atoms with E-state index >= 15 is 0 Å². The molecule has 2 heteroatoms. The van der Waals surface area contributed by atoms with Gasteiger partial charge in [0.2, 0.25) is 0 Å². The van der Waals surface area contributed by atoms with Crippen molar-refractivity contribution in [1.82, 2.24) is 0 Å². The molecule has 0 heterocycles. The summed E-state index contributed by atoms with van der Waals surface area (Å²) in [6.07, 6.45) is 7.76. The van der Waals surface area contributed by atoms with Crippen LogP contribution in [0.2, 0.25) is 0 Å². The molecule has 2 N–H and O–H groups in total. The molecule has 0 fully saturated rings. The average molecular weight is 352 g/mol. The summed E-state index contributed by atoms with van der Waals surface area (Å²) >= 11 is 0. The third kappa shape index (κ3) is 4.29. The number of nitrogens with one attached hydrogen (secondary N) is 2. The number of allylic oxidation sites excluding steroid dienone is 2. The van der Waals surface area contributed by atoms with Crippen LogP contribution in [0.5, 0.6) is 0 Å². The summed E-state index contributed by atoms with van der Waals surface area (Å²) in [7, 11) is 0. The molecule has 27 heavy (non-hydrogen) atoms. The Morgan fingerprint density at radius 2 is 1.30 bits per heavy atom. The molecule has 0 radical (unpaired) electrons. The van der Waals surface area contributed by atoms with Crippen LogP contribution in [0.25, 0.3) is 5.57 Å². The molecule has 134 valence electrons. The summed E-state index contributed by atoms with van der Waals surface area (Å²) in [5.74, 6) is 0. The fourth-order valence-corrected chi connectivity index (χ4v) is 3.32. The van der Waals surface area contributed by atoms with Gasteiger partial charge in [0.15, 0.2) is 0 Å². The van der Waals surface area contributed by atoms with Crippen molar-refractivity contribution in [2.24, 2.45) is 0 Å². The molecule has 2 nitrogen and oxygen atoms in total. The van der Waals surface area contributed by atoms with Crippen LogP contribution >= 0.6 is 0 Å². The van der Waals surface area contributed by atoms with Gasteiger partial charge in [0.25, 0.3) is 0 Å². The predicted molar refractivity (Wildman–Crippen MR) is 116 cm³/mol. The van der Waals surface area contributed by atoms with E-state index in [-0.39, 0.29) is 5.54 Å². The standard InChI is InChI=1S/C25H24N2/c1-25(27-24-10-6-3-7-11-24)18-16-21(17-19-25)20-12-14-23(15-13-20)26-22-8-4-2-5-9-22/h2-18,26-27H,19H2,1H3. The number of para-hydroxylation sites is 2. The number of hydrogen-bond donors (Lipinski definition) is 2. The second kappa shape index (κ2) is 7.55. The molecule has 3 aromatic rings. The first-order valence-electron chi connectivity index (χ1n) is 9.35. The Kier molecular flexibility index (Phi) is 4.80. The van der Waals surface area contributed by atoms with Gasteiger partial charge in [-0.3, -0.25) is 0 Å². The molecule has 1 aliphatic rings. The molecule has 4 rings (SSSR count). The third-order valence-corrected chi connectivity index (χ3v) is 4.86. The molecule has 0 bridgehead atoms. The normalized spacial score (nSPS) is 18.6. The van der Waals surface area contributed by atoms with Gasteiger partial charge in [-0.2, -0.15) is 0 Å². The van der Waals surface area contributed by atoms with E-state index in [2.05, 4.69) is 96.4 Å². The molecule has 1 atom stereocenters. The minimum Gasteiger partial charge on any atom is -0.376 e. The number of rotatable bonds is 5. The van der Waals surface area contributed by atoms with Gasteiger partial charge in [0, 0.05) is 17.1 Å². The highest BCUT2D eigenvalue weighted by Gasteiger charge is 2.22. The van der Waals surface area contributed by atoms with Gasteiger partial charge in [-0.1, -0.05) is 66.8 Å². The summed E-state index contributed by atoms with van der Waals surface area (Å²) in [4.78, 5) is 0. The minimum atomic E-state index is -0.0559. The molecule has 0 saturated carbocycles. The van der Waals surface area contributed by atoms with Crippen LogP contribution in [0.15, 0.2) is 103 Å². The fraction of sp³-hybridized carbons (Fsp3) is 0.120. The van der Waals surface area contributed by atoms with Gasteiger partial charge in [-0.05, 0) is 60.9 Å². The zero-order chi connectivity index (χ0) is 18.5. The Labute approximate surface area is 161 Å². The lowest BCUT2D eigenvalue weighted by atomic mass is 9.88. The quantitative estimate of drug-likeness (QED) is 0.537. The van der Waals surface area contributed by atoms with Crippen LogP contribution in [-0.2, 0) is 0 Å². The highest BCUT2D eigenvalue weighted by atomic mass is 15.0. The smallest absolute Gasteiger partial charge is 0.0566 e. The fourth-order valence-electron chi connectivity index (χ4n) is 3.32. The van der Waals surface area contributed by atoms with Crippen molar-refractivity contribution in [3.05, 3.63) is 109 Å². The van der Waals surface area contributed by atoms with E-state index in [0.29, 0.717) is 0 Å². The molecule has 0 amide bonds. The maximum absolute atomic E-state index is 3.62. The lowest BCUT2D eigenvalue weighted by Gasteiger charge is -2.30. The highest BCUT2D eigenvalue weighted by molar-refractivity contribution is 5.77. The minimum absolute atomic E-state index is 0.0559. The third-order valence-electron chi connectivity index (χ3n) is 4.86. The topological polar surface area (TPSA) is 24.1 Å². The zero-order valence-electron chi connectivity index (χ0n) is 15.5. The van der Waals surface area contributed by atoms with Crippen molar-refractivity contribution < 1.29 is 0 Å². The van der Waals surface area contributed by atoms with Crippen LogP contribution in [0.3, 0.4) is 0 Å². The Bertz CT molecular complexity index is 941.